The Balaban J connectivity index is 1.29. The van der Waals surface area contributed by atoms with Crippen molar-refractivity contribution >= 4 is 5.78 Å². The topological polar surface area (TPSA) is 33.2 Å². The normalized spacial score (nSPS) is 23.8. The van der Waals surface area contributed by atoms with Crippen LogP contribution in [0.25, 0.3) is 11.3 Å². The van der Waals surface area contributed by atoms with Crippen molar-refractivity contribution in [3.63, 3.8) is 0 Å². The van der Waals surface area contributed by atoms with Crippen molar-refractivity contribution in [2.45, 2.75) is 50.7 Å². The van der Waals surface area contributed by atoms with E-state index < -0.39 is 0 Å². The predicted octanol–water partition coefficient (Wildman–Crippen LogP) is 5.76. The molecule has 2 aromatic carbocycles. The number of hydrogen-bond acceptors (Lipinski definition) is 3. The van der Waals surface area contributed by atoms with Crippen molar-refractivity contribution in [2.75, 3.05) is 0 Å². The molecule has 2 saturated heterocycles. The summed E-state index contributed by atoms with van der Waals surface area (Å²) in [6, 6.07) is 25.7. The highest BCUT2D eigenvalue weighted by Crippen LogP contribution is 2.39. The molecule has 2 aliphatic rings. The molecule has 0 N–H and O–H groups in total. The number of pyridine rings is 1. The first kappa shape index (κ1) is 19.2. The number of carbonyl (C=O) groups is 1. The van der Waals surface area contributed by atoms with Crippen LogP contribution in [0.15, 0.2) is 79.0 Å². The zero-order valence-electron chi connectivity index (χ0n) is 17.3. The van der Waals surface area contributed by atoms with Crippen molar-refractivity contribution < 1.29 is 4.79 Å². The summed E-state index contributed by atoms with van der Waals surface area (Å²) in [6.45, 7) is 1.01. The number of piperidine rings is 2. The van der Waals surface area contributed by atoms with Gasteiger partial charge < -0.3 is 0 Å². The van der Waals surface area contributed by atoms with Crippen molar-refractivity contribution in [3.05, 3.63) is 90.1 Å². The zero-order chi connectivity index (χ0) is 20.3. The molecule has 5 rings (SSSR count). The second-order valence-electron chi connectivity index (χ2n) is 8.72. The molecule has 152 valence electrons. The van der Waals surface area contributed by atoms with Crippen LogP contribution < -0.4 is 0 Å². The third-order valence-electron chi connectivity index (χ3n) is 6.83. The Morgan fingerprint density at radius 2 is 1.57 bits per heavy atom. The smallest absolute Gasteiger partial charge is 0.166 e. The quantitative estimate of drug-likeness (QED) is 0.514. The van der Waals surface area contributed by atoms with E-state index in [0.717, 1.165) is 36.2 Å². The number of benzene rings is 2. The molecule has 3 aromatic rings. The third kappa shape index (κ3) is 3.95. The summed E-state index contributed by atoms with van der Waals surface area (Å²) < 4.78 is 0. The molecule has 0 radical (unpaired) electrons. The van der Waals surface area contributed by atoms with Gasteiger partial charge >= 0.3 is 0 Å². The molecule has 2 atom stereocenters. The Hall–Kier alpha value is -2.78. The first-order valence-electron chi connectivity index (χ1n) is 11.1. The van der Waals surface area contributed by atoms with Crippen LogP contribution in [0.5, 0.6) is 0 Å². The number of nitrogens with zero attached hydrogens (tertiary/aromatic N) is 2. The van der Waals surface area contributed by atoms with Crippen LogP contribution in [0.4, 0.5) is 0 Å². The number of Topliss-reactive ketones (excluding diaryl/α,β-unsaturated/α-hetero) is 1. The van der Waals surface area contributed by atoms with Crippen molar-refractivity contribution in [1.82, 2.24) is 9.88 Å². The van der Waals surface area contributed by atoms with Gasteiger partial charge in [-0.15, -0.1) is 0 Å². The van der Waals surface area contributed by atoms with Gasteiger partial charge in [-0.25, -0.2) is 0 Å². The molecular formula is C27H28N2O. The van der Waals surface area contributed by atoms with Gasteiger partial charge in [0.2, 0.25) is 0 Å². The van der Waals surface area contributed by atoms with Crippen LogP contribution in [-0.4, -0.2) is 27.8 Å². The molecule has 0 amide bonds. The summed E-state index contributed by atoms with van der Waals surface area (Å²) in [5.74, 6) is 0.465. The maximum absolute atomic E-state index is 13.3. The van der Waals surface area contributed by atoms with Gasteiger partial charge in [0.1, 0.15) is 0 Å². The van der Waals surface area contributed by atoms with Crippen LogP contribution in [-0.2, 0) is 6.54 Å². The highest BCUT2D eigenvalue weighted by atomic mass is 16.1. The number of rotatable bonds is 5. The van der Waals surface area contributed by atoms with Crippen LogP contribution in [0.3, 0.4) is 0 Å². The molecule has 3 nitrogen and oxygen atoms in total. The molecule has 0 saturated carbocycles. The number of aromatic nitrogens is 1. The summed E-state index contributed by atoms with van der Waals surface area (Å²) >= 11 is 0. The molecular weight excluding hydrogens is 368 g/mol. The van der Waals surface area contributed by atoms with E-state index in [-0.39, 0.29) is 5.92 Å². The maximum Gasteiger partial charge on any atom is 0.166 e. The monoisotopic (exact) mass is 396 g/mol. The molecule has 2 unspecified atom stereocenters. The van der Waals surface area contributed by atoms with E-state index in [1.165, 1.54) is 24.8 Å². The molecule has 2 bridgehead atoms. The van der Waals surface area contributed by atoms with Crippen LogP contribution in [0.1, 0.15) is 48.0 Å². The van der Waals surface area contributed by atoms with E-state index in [2.05, 4.69) is 40.2 Å². The minimum atomic E-state index is 0.146. The van der Waals surface area contributed by atoms with Gasteiger partial charge in [-0.05, 0) is 43.4 Å². The molecule has 2 aliphatic heterocycles. The molecule has 0 aliphatic carbocycles. The van der Waals surface area contributed by atoms with Gasteiger partial charge in [0.25, 0.3) is 0 Å². The number of hydrogen-bond donors (Lipinski definition) is 0. The zero-order valence-corrected chi connectivity index (χ0v) is 17.3. The van der Waals surface area contributed by atoms with Crippen LogP contribution in [0.2, 0.25) is 0 Å². The van der Waals surface area contributed by atoms with Gasteiger partial charge in [0.15, 0.2) is 5.78 Å². The van der Waals surface area contributed by atoms with E-state index >= 15 is 0 Å². The average Bonchev–Trinajstić information content (AvgIpc) is 2.80. The largest absolute Gasteiger partial charge is 0.294 e. The highest BCUT2D eigenvalue weighted by Gasteiger charge is 2.40. The summed E-state index contributed by atoms with van der Waals surface area (Å²) in [6.07, 6.45) is 7.50. The molecule has 0 spiro atoms. The fraction of sp³-hybridized carbons (Fsp3) is 0.333. The first-order valence-corrected chi connectivity index (χ1v) is 11.1. The van der Waals surface area contributed by atoms with Gasteiger partial charge in [0, 0.05) is 41.9 Å². The van der Waals surface area contributed by atoms with Gasteiger partial charge in [-0.1, -0.05) is 67.1 Å². The van der Waals surface area contributed by atoms with Crippen molar-refractivity contribution in [2.24, 2.45) is 5.92 Å². The Bertz CT molecular complexity index is 970. The molecule has 3 heteroatoms. The lowest BCUT2D eigenvalue weighted by atomic mass is 9.75. The lowest BCUT2D eigenvalue weighted by Gasteiger charge is -2.48. The Labute approximate surface area is 178 Å². The minimum absolute atomic E-state index is 0.146. The van der Waals surface area contributed by atoms with E-state index in [1.54, 1.807) is 6.20 Å². The number of fused-ring (bicyclic) bond motifs is 2. The van der Waals surface area contributed by atoms with E-state index in [1.807, 2.05) is 42.5 Å². The standard InChI is InChI=1S/C27H28N2O/c30-27(22-14-12-21(13-15-22)26-11-4-5-16-28-26)23-17-24-9-6-10-25(18-23)29(24)19-20-7-2-1-3-8-20/h1-5,7-8,11-16,23-25H,6,9-10,17-19H2. The van der Waals surface area contributed by atoms with E-state index in [9.17, 15) is 4.79 Å². The molecule has 2 fully saturated rings. The van der Waals surface area contributed by atoms with Gasteiger partial charge in [0.05, 0.1) is 5.69 Å². The number of ketones is 1. The molecule has 1 aromatic heterocycles. The Morgan fingerprint density at radius 1 is 0.867 bits per heavy atom. The average molecular weight is 397 g/mol. The molecule has 3 heterocycles. The predicted molar refractivity (Wildman–Crippen MR) is 120 cm³/mol. The lowest BCUT2D eigenvalue weighted by Crippen LogP contribution is -2.52. The van der Waals surface area contributed by atoms with E-state index in [0.29, 0.717) is 17.9 Å². The minimum Gasteiger partial charge on any atom is -0.294 e. The van der Waals surface area contributed by atoms with Crippen LogP contribution in [0, 0.1) is 5.92 Å². The second kappa shape index (κ2) is 8.53. The summed E-state index contributed by atoms with van der Waals surface area (Å²) in [5, 5.41) is 0. The Kier molecular flexibility index (Phi) is 5.46. The van der Waals surface area contributed by atoms with Crippen molar-refractivity contribution in [3.8, 4) is 11.3 Å². The molecule has 30 heavy (non-hydrogen) atoms. The summed E-state index contributed by atoms with van der Waals surface area (Å²) in [4.78, 5) is 20.4. The fourth-order valence-corrected chi connectivity index (χ4v) is 5.32. The second-order valence-corrected chi connectivity index (χ2v) is 8.72. The fourth-order valence-electron chi connectivity index (χ4n) is 5.32. The van der Waals surface area contributed by atoms with Gasteiger partial charge in [-0.2, -0.15) is 0 Å². The SMILES string of the molecule is O=C(c1ccc(-c2ccccn2)cc1)C1CC2CCCC(C1)N2Cc1ccccc1. The third-order valence-corrected chi connectivity index (χ3v) is 6.83. The van der Waals surface area contributed by atoms with Gasteiger partial charge in [-0.3, -0.25) is 14.7 Å². The lowest BCUT2D eigenvalue weighted by molar-refractivity contribution is 0.00906. The van der Waals surface area contributed by atoms with E-state index in [4.69, 9.17) is 0 Å². The number of carbonyl (C=O) groups excluding carboxylic acids is 1. The summed E-state index contributed by atoms with van der Waals surface area (Å²) in [5.41, 5.74) is 4.22. The first-order chi connectivity index (χ1) is 14.8. The Morgan fingerprint density at radius 3 is 2.23 bits per heavy atom. The summed E-state index contributed by atoms with van der Waals surface area (Å²) in [7, 11) is 0. The maximum atomic E-state index is 13.3. The van der Waals surface area contributed by atoms with Crippen LogP contribution >= 0.6 is 0 Å². The highest BCUT2D eigenvalue weighted by molar-refractivity contribution is 5.98. The van der Waals surface area contributed by atoms with Crippen molar-refractivity contribution in [1.29, 1.82) is 0 Å².